The Morgan fingerprint density at radius 2 is 1.61 bits per heavy atom. The first kappa shape index (κ1) is 38.3. The Morgan fingerprint density at radius 1 is 0.907 bits per heavy atom. The third-order valence-electron chi connectivity index (χ3n) is 10.4. The SMILES string of the molecule is COC(=O)NC(CN1CCCC1c1nc2ccc(C#Cc3ccc(-c4cnc(C5C(O)CCN5C(=O)C(NC(=O)OC)C(C)C)[nH]4)cc3)cc2[nH]1)C(C)C. The summed E-state index contributed by atoms with van der Waals surface area (Å²) >= 11 is 0. The van der Waals surface area contributed by atoms with Crippen molar-refractivity contribution in [3.8, 4) is 23.1 Å². The molecule has 2 aliphatic rings. The molecule has 6 rings (SSSR count). The molecule has 4 heterocycles. The van der Waals surface area contributed by atoms with Crippen molar-refractivity contribution < 1.29 is 29.0 Å². The van der Waals surface area contributed by atoms with Crippen LogP contribution in [0.3, 0.4) is 0 Å². The molecule has 14 nitrogen and oxygen atoms in total. The predicted molar refractivity (Wildman–Crippen MR) is 203 cm³/mol. The van der Waals surface area contributed by atoms with Gasteiger partial charge in [0.1, 0.15) is 23.7 Å². The van der Waals surface area contributed by atoms with Crippen LogP contribution in [0.15, 0.2) is 48.7 Å². The van der Waals surface area contributed by atoms with Gasteiger partial charge in [-0.1, -0.05) is 51.7 Å². The molecule has 0 spiro atoms. The number of H-pyrrole nitrogens is 2. The van der Waals surface area contributed by atoms with E-state index in [4.69, 9.17) is 14.5 Å². The van der Waals surface area contributed by atoms with Crippen molar-refractivity contribution in [1.82, 2.24) is 40.4 Å². The van der Waals surface area contributed by atoms with Crippen molar-refractivity contribution in [2.24, 2.45) is 11.8 Å². The fraction of sp³-hybridized carbons (Fsp3) is 0.475. The Kier molecular flexibility index (Phi) is 11.9. The fourth-order valence-electron chi connectivity index (χ4n) is 7.25. The number of carbonyl (C=O) groups is 3. The van der Waals surface area contributed by atoms with Gasteiger partial charge in [0, 0.05) is 30.3 Å². The third-order valence-corrected chi connectivity index (χ3v) is 10.4. The van der Waals surface area contributed by atoms with E-state index in [1.807, 2.05) is 56.3 Å². The number of aliphatic hydroxyl groups is 1. The van der Waals surface area contributed by atoms with Gasteiger partial charge in [0.15, 0.2) is 0 Å². The van der Waals surface area contributed by atoms with Gasteiger partial charge in [0.05, 0.1) is 49.3 Å². The number of ether oxygens (including phenoxy) is 2. The summed E-state index contributed by atoms with van der Waals surface area (Å²) in [5.41, 5.74) is 5.13. The fourth-order valence-corrected chi connectivity index (χ4v) is 7.25. The number of amides is 3. The Bertz CT molecular complexity index is 2010. The van der Waals surface area contributed by atoms with Gasteiger partial charge in [0.25, 0.3) is 0 Å². The number of nitrogens with zero attached hydrogens (tertiary/aromatic N) is 4. The molecule has 0 aliphatic carbocycles. The summed E-state index contributed by atoms with van der Waals surface area (Å²) < 4.78 is 9.57. The number of carbonyl (C=O) groups excluding carboxylic acids is 3. The molecule has 2 saturated heterocycles. The number of benzene rings is 2. The normalized spacial score (nSPS) is 19.8. The monoisotopic (exact) mass is 738 g/mol. The third kappa shape index (κ3) is 8.53. The second kappa shape index (κ2) is 16.7. The molecule has 2 aromatic carbocycles. The van der Waals surface area contributed by atoms with Crippen molar-refractivity contribution >= 4 is 29.1 Å². The molecule has 5 unspecified atom stereocenters. The molecular weight excluding hydrogens is 688 g/mol. The molecule has 286 valence electrons. The highest BCUT2D eigenvalue weighted by atomic mass is 16.5. The van der Waals surface area contributed by atoms with Crippen LogP contribution < -0.4 is 10.6 Å². The minimum Gasteiger partial charge on any atom is -0.453 e. The number of hydrogen-bond acceptors (Lipinski definition) is 9. The summed E-state index contributed by atoms with van der Waals surface area (Å²) in [6.45, 7) is 9.87. The van der Waals surface area contributed by atoms with Crippen LogP contribution in [-0.4, -0.2) is 105 Å². The molecule has 5 N–H and O–H groups in total. The molecular formula is C40H50N8O6. The van der Waals surface area contributed by atoms with E-state index in [-0.39, 0.29) is 29.8 Å². The minimum atomic E-state index is -0.805. The number of likely N-dealkylation sites (tertiary alicyclic amines) is 2. The lowest BCUT2D eigenvalue weighted by Crippen LogP contribution is -2.51. The summed E-state index contributed by atoms with van der Waals surface area (Å²) in [6.07, 6.45) is 2.23. The first-order valence-corrected chi connectivity index (χ1v) is 18.5. The van der Waals surface area contributed by atoms with E-state index in [0.717, 1.165) is 58.6 Å². The maximum Gasteiger partial charge on any atom is 0.407 e. The van der Waals surface area contributed by atoms with E-state index >= 15 is 0 Å². The van der Waals surface area contributed by atoms with E-state index in [1.54, 1.807) is 11.1 Å². The maximum atomic E-state index is 13.5. The summed E-state index contributed by atoms with van der Waals surface area (Å²) in [5, 5.41) is 16.5. The number of aromatic amines is 2. The number of aromatic nitrogens is 4. The van der Waals surface area contributed by atoms with Crippen molar-refractivity contribution in [3.05, 3.63) is 71.4 Å². The number of aliphatic hydroxyl groups excluding tert-OH is 1. The Balaban J connectivity index is 1.12. The number of rotatable bonds is 10. The van der Waals surface area contributed by atoms with Crippen LogP contribution in [0.2, 0.25) is 0 Å². The second-order valence-electron chi connectivity index (χ2n) is 14.7. The zero-order chi connectivity index (χ0) is 38.5. The van der Waals surface area contributed by atoms with E-state index in [1.165, 1.54) is 14.2 Å². The number of alkyl carbamates (subject to hydrolysis) is 2. The number of hydrogen-bond donors (Lipinski definition) is 5. The minimum absolute atomic E-state index is 0.0358. The van der Waals surface area contributed by atoms with Crippen LogP contribution in [0.4, 0.5) is 9.59 Å². The Hall–Kier alpha value is -5.39. The molecule has 2 aliphatic heterocycles. The smallest absolute Gasteiger partial charge is 0.407 e. The predicted octanol–water partition coefficient (Wildman–Crippen LogP) is 4.89. The van der Waals surface area contributed by atoms with Gasteiger partial charge in [0.2, 0.25) is 5.91 Å². The number of methoxy groups -OCH3 is 2. The average Bonchev–Trinajstić information content (AvgIpc) is 3.98. The van der Waals surface area contributed by atoms with Crippen molar-refractivity contribution in [2.45, 2.75) is 77.2 Å². The average molecular weight is 739 g/mol. The molecule has 2 aromatic heterocycles. The molecule has 5 atom stereocenters. The number of imidazole rings is 2. The van der Waals surface area contributed by atoms with Gasteiger partial charge in [-0.15, -0.1) is 0 Å². The first-order chi connectivity index (χ1) is 25.9. The first-order valence-electron chi connectivity index (χ1n) is 18.5. The van der Waals surface area contributed by atoms with Crippen molar-refractivity contribution in [3.63, 3.8) is 0 Å². The van der Waals surface area contributed by atoms with Crippen LogP contribution in [0, 0.1) is 23.7 Å². The van der Waals surface area contributed by atoms with Gasteiger partial charge >= 0.3 is 12.2 Å². The number of nitrogens with one attached hydrogen (secondary N) is 4. The summed E-state index contributed by atoms with van der Waals surface area (Å²) in [5.74, 6) is 7.69. The van der Waals surface area contributed by atoms with Crippen LogP contribution >= 0.6 is 0 Å². The van der Waals surface area contributed by atoms with E-state index < -0.39 is 30.4 Å². The maximum absolute atomic E-state index is 13.5. The lowest BCUT2D eigenvalue weighted by Gasteiger charge is -2.30. The molecule has 14 heteroatoms. The highest BCUT2D eigenvalue weighted by Crippen LogP contribution is 2.34. The second-order valence-corrected chi connectivity index (χ2v) is 14.7. The topological polar surface area (TPSA) is 178 Å². The highest BCUT2D eigenvalue weighted by molar-refractivity contribution is 5.86. The van der Waals surface area contributed by atoms with Gasteiger partial charge in [-0.25, -0.2) is 19.6 Å². The van der Waals surface area contributed by atoms with Crippen LogP contribution in [0.25, 0.3) is 22.3 Å². The van der Waals surface area contributed by atoms with E-state index in [0.29, 0.717) is 25.3 Å². The van der Waals surface area contributed by atoms with Crippen LogP contribution in [0.5, 0.6) is 0 Å². The quantitative estimate of drug-likeness (QED) is 0.142. The molecule has 4 aromatic rings. The van der Waals surface area contributed by atoms with E-state index in [2.05, 4.69) is 56.2 Å². The van der Waals surface area contributed by atoms with Gasteiger partial charge in [-0.05, 0) is 73.5 Å². The largest absolute Gasteiger partial charge is 0.453 e. The van der Waals surface area contributed by atoms with Gasteiger partial charge in [-0.3, -0.25) is 9.69 Å². The molecule has 0 bridgehead atoms. The lowest BCUT2D eigenvalue weighted by molar-refractivity contribution is -0.136. The zero-order valence-electron chi connectivity index (χ0n) is 31.7. The molecule has 2 fully saturated rings. The Morgan fingerprint density at radius 3 is 2.31 bits per heavy atom. The van der Waals surface area contributed by atoms with E-state index in [9.17, 15) is 19.5 Å². The highest BCUT2D eigenvalue weighted by Gasteiger charge is 2.42. The molecule has 0 saturated carbocycles. The summed E-state index contributed by atoms with van der Waals surface area (Å²) in [4.78, 5) is 57.7. The van der Waals surface area contributed by atoms with Crippen LogP contribution in [0.1, 0.15) is 81.8 Å². The summed E-state index contributed by atoms with van der Waals surface area (Å²) in [6, 6.07) is 12.4. The zero-order valence-corrected chi connectivity index (χ0v) is 31.7. The molecule has 3 amide bonds. The van der Waals surface area contributed by atoms with Crippen molar-refractivity contribution in [2.75, 3.05) is 33.9 Å². The molecule has 54 heavy (non-hydrogen) atoms. The van der Waals surface area contributed by atoms with Crippen LogP contribution in [-0.2, 0) is 14.3 Å². The standard InChI is InChI=1S/C40H50N8O6/c1-23(2)31(45-39(51)53-5)22-47-18-7-8-32(47)36-42-28-16-13-26(20-29(28)43-36)10-9-25-11-14-27(15-12-25)30-21-41-37(44-30)35-33(49)17-19-48(35)38(50)34(24(3)4)46-40(52)54-6/h11-16,20-21,23-24,31-35,49H,7-8,17-19,22H2,1-6H3,(H,41,44)(H,42,43)(H,45,51)(H,46,52). The lowest BCUT2D eigenvalue weighted by atomic mass is 10.0. The van der Waals surface area contributed by atoms with Gasteiger partial charge < -0.3 is 40.1 Å². The Labute approximate surface area is 315 Å². The van der Waals surface area contributed by atoms with Crippen molar-refractivity contribution in [1.29, 1.82) is 0 Å². The summed E-state index contributed by atoms with van der Waals surface area (Å²) in [7, 11) is 2.64. The van der Waals surface area contributed by atoms with Gasteiger partial charge in [-0.2, -0.15) is 0 Å². The molecule has 0 radical (unpaired) electrons. The number of fused-ring (bicyclic) bond motifs is 1.